The first-order valence-electron chi connectivity index (χ1n) is 5.54. The van der Waals surface area contributed by atoms with Gasteiger partial charge in [0, 0.05) is 0 Å². The molecular weight excluding hydrogens is 292 g/mol. The molecule has 0 amide bonds. The van der Waals surface area contributed by atoms with Gasteiger partial charge < -0.3 is 0 Å². The number of anilines is 1. The van der Waals surface area contributed by atoms with Crippen molar-refractivity contribution < 1.29 is 8.42 Å². The van der Waals surface area contributed by atoms with Gasteiger partial charge in [0.05, 0.1) is 31.2 Å². The van der Waals surface area contributed by atoms with Gasteiger partial charge in [-0.05, 0) is 31.9 Å². The smallest absolute Gasteiger partial charge is 0.235 e. The number of aromatic nitrogens is 1. The Labute approximate surface area is 114 Å². The average Bonchev–Trinajstić information content (AvgIpc) is 3.04. The third-order valence-corrected chi connectivity index (χ3v) is 5.90. The Morgan fingerprint density at radius 3 is 2.83 bits per heavy atom. The summed E-state index contributed by atoms with van der Waals surface area (Å²) in [5.41, 5.74) is 1.25. The van der Waals surface area contributed by atoms with E-state index < -0.39 is 10.0 Å². The van der Waals surface area contributed by atoms with Gasteiger partial charge in [-0.3, -0.25) is 4.72 Å². The molecule has 7 heteroatoms. The third-order valence-electron chi connectivity index (χ3n) is 2.80. The predicted molar refractivity (Wildman–Crippen MR) is 74.9 cm³/mol. The fourth-order valence-electron chi connectivity index (χ4n) is 1.76. The topological polar surface area (TPSA) is 59.1 Å². The van der Waals surface area contributed by atoms with Gasteiger partial charge in [0.1, 0.15) is 0 Å². The van der Waals surface area contributed by atoms with Crippen molar-refractivity contribution in [3.63, 3.8) is 0 Å². The highest BCUT2D eigenvalue weighted by atomic mass is 35.5. The number of sulfonamides is 1. The Kier molecular flexibility index (Phi) is 2.76. The molecule has 0 atom stereocenters. The molecule has 0 aliphatic heterocycles. The minimum Gasteiger partial charge on any atom is -0.282 e. The van der Waals surface area contributed by atoms with Crippen LogP contribution in [0, 0.1) is 6.92 Å². The van der Waals surface area contributed by atoms with E-state index in [2.05, 4.69) is 9.71 Å². The summed E-state index contributed by atoms with van der Waals surface area (Å²) in [6, 6.07) is 3.45. The lowest BCUT2D eigenvalue weighted by Gasteiger charge is -2.08. The van der Waals surface area contributed by atoms with E-state index in [1.807, 2.05) is 6.92 Å². The monoisotopic (exact) mass is 302 g/mol. The van der Waals surface area contributed by atoms with Crippen LogP contribution in [0.1, 0.15) is 17.8 Å². The molecule has 1 aromatic carbocycles. The van der Waals surface area contributed by atoms with Crippen LogP contribution >= 0.6 is 22.9 Å². The van der Waals surface area contributed by atoms with Crippen molar-refractivity contribution in [2.24, 2.45) is 0 Å². The molecule has 0 saturated heterocycles. The summed E-state index contributed by atoms with van der Waals surface area (Å²) in [7, 11) is -3.27. The maximum absolute atomic E-state index is 11.9. The molecule has 3 rings (SSSR count). The van der Waals surface area contributed by atoms with Crippen LogP contribution in [0.15, 0.2) is 12.1 Å². The normalized spacial score (nSPS) is 16.1. The van der Waals surface area contributed by atoms with E-state index in [0.29, 0.717) is 10.7 Å². The van der Waals surface area contributed by atoms with Gasteiger partial charge in [-0.1, -0.05) is 11.6 Å². The summed E-state index contributed by atoms with van der Waals surface area (Å²) in [5, 5.41) is 1.06. The first-order chi connectivity index (χ1) is 8.45. The van der Waals surface area contributed by atoms with E-state index in [1.54, 1.807) is 12.1 Å². The molecule has 1 aliphatic carbocycles. The number of fused-ring (bicyclic) bond motifs is 1. The number of nitrogens with zero attached hydrogens (tertiary/aromatic N) is 1. The summed E-state index contributed by atoms with van der Waals surface area (Å²) >= 11 is 7.60. The van der Waals surface area contributed by atoms with Crippen molar-refractivity contribution >= 4 is 48.9 Å². The Bertz CT molecular complexity index is 720. The molecule has 0 radical (unpaired) electrons. The Morgan fingerprint density at radius 1 is 1.44 bits per heavy atom. The second-order valence-electron chi connectivity index (χ2n) is 4.38. The minimum atomic E-state index is -3.27. The predicted octanol–water partition coefficient (Wildman–Crippen LogP) is 3.16. The summed E-state index contributed by atoms with van der Waals surface area (Å²) in [6.45, 7) is 1.91. The quantitative estimate of drug-likeness (QED) is 0.947. The number of rotatable bonds is 3. The zero-order valence-electron chi connectivity index (χ0n) is 9.60. The van der Waals surface area contributed by atoms with Crippen LogP contribution in [0.2, 0.25) is 5.02 Å². The molecule has 0 unspecified atom stereocenters. The zero-order chi connectivity index (χ0) is 12.9. The molecule has 1 fully saturated rings. The molecule has 0 spiro atoms. The third kappa shape index (κ3) is 2.20. The van der Waals surface area contributed by atoms with E-state index in [-0.39, 0.29) is 5.25 Å². The lowest BCUT2D eigenvalue weighted by Crippen LogP contribution is -2.17. The Hall–Kier alpha value is -0.850. The number of thiazole rings is 1. The van der Waals surface area contributed by atoms with Crippen molar-refractivity contribution in [1.82, 2.24) is 4.98 Å². The first-order valence-corrected chi connectivity index (χ1v) is 8.28. The number of halogens is 1. The molecule has 4 nitrogen and oxygen atoms in total. The Morgan fingerprint density at radius 2 is 2.17 bits per heavy atom. The van der Waals surface area contributed by atoms with Crippen molar-refractivity contribution in [3.8, 4) is 0 Å². The van der Waals surface area contributed by atoms with E-state index in [9.17, 15) is 8.42 Å². The fraction of sp³-hybridized carbons (Fsp3) is 0.364. The van der Waals surface area contributed by atoms with Gasteiger partial charge in [0.15, 0.2) is 0 Å². The van der Waals surface area contributed by atoms with Crippen molar-refractivity contribution in [2.45, 2.75) is 25.0 Å². The van der Waals surface area contributed by atoms with Crippen LogP contribution in [0.4, 0.5) is 5.69 Å². The van der Waals surface area contributed by atoms with Crippen LogP contribution in [-0.2, 0) is 10.0 Å². The van der Waals surface area contributed by atoms with E-state index in [4.69, 9.17) is 11.6 Å². The molecule has 18 heavy (non-hydrogen) atoms. The molecule has 1 heterocycles. The molecule has 2 aromatic rings. The second kappa shape index (κ2) is 4.08. The van der Waals surface area contributed by atoms with Gasteiger partial charge in [-0.25, -0.2) is 13.4 Å². The molecular formula is C11H11ClN2O2S2. The highest BCUT2D eigenvalue weighted by Gasteiger charge is 2.36. The van der Waals surface area contributed by atoms with E-state index in [1.165, 1.54) is 11.3 Å². The molecule has 1 N–H and O–H groups in total. The van der Waals surface area contributed by atoms with Gasteiger partial charge in [-0.2, -0.15) is 0 Å². The summed E-state index contributed by atoms with van der Waals surface area (Å²) in [6.07, 6.45) is 1.46. The van der Waals surface area contributed by atoms with Gasteiger partial charge in [-0.15, -0.1) is 11.3 Å². The van der Waals surface area contributed by atoms with Crippen LogP contribution < -0.4 is 4.72 Å². The average molecular weight is 303 g/mol. The molecule has 0 bridgehead atoms. The molecule has 96 valence electrons. The molecule has 1 aliphatic rings. The highest BCUT2D eigenvalue weighted by Crippen LogP contribution is 2.35. The fourth-order valence-corrected chi connectivity index (χ4v) is 4.26. The molecule has 1 saturated carbocycles. The Balaban J connectivity index is 2.03. The lowest BCUT2D eigenvalue weighted by molar-refractivity contribution is 0.600. The second-order valence-corrected chi connectivity index (χ2v) is 7.98. The lowest BCUT2D eigenvalue weighted by atomic mass is 10.3. The number of aryl methyl sites for hydroxylation is 1. The van der Waals surface area contributed by atoms with Crippen molar-refractivity contribution in [2.75, 3.05) is 4.72 Å². The summed E-state index contributed by atoms with van der Waals surface area (Å²) in [4.78, 5) is 4.32. The van der Waals surface area contributed by atoms with E-state index >= 15 is 0 Å². The highest BCUT2D eigenvalue weighted by molar-refractivity contribution is 7.93. The van der Waals surface area contributed by atoms with Gasteiger partial charge >= 0.3 is 0 Å². The SMILES string of the molecule is Cc1nc2cc(Cl)c(NS(=O)(=O)C3CC3)cc2s1. The minimum absolute atomic E-state index is 0.257. The summed E-state index contributed by atoms with van der Waals surface area (Å²) in [5.74, 6) is 0. The van der Waals surface area contributed by atoms with Crippen LogP contribution in [0.5, 0.6) is 0 Å². The number of hydrogen-bond acceptors (Lipinski definition) is 4. The number of nitrogens with one attached hydrogen (secondary N) is 1. The van der Waals surface area contributed by atoms with Gasteiger partial charge in [0.25, 0.3) is 0 Å². The summed E-state index contributed by atoms with van der Waals surface area (Å²) < 4.78 is 27.3. The van der Waals surface area contributed by atoms with Gasteiger partial charge in [0.2, 0.25) is 10.0 Å². The first kappa shape index (κ1) is 12.2. The largest absolute Gasteiger partial charge is 0.282 e. The van der Waals surface area contributed by atoms with Crippen molar-refractivity contribution in [3.05, 3.63) is 22.2 Å². The maximum Gasteiger partial charge on any atom is 0.235 e. The van der Waals surface area contributed by atoms with E-state index in [0.717, 1.165) is 28.1 Å². The van der Waals surface area contributed by atoms with Crippen molar-refractivity contribution in [1.29, 1.82) is 0 Å². The number of hydrogen-bond donors (Lipinski definition) is 1. The standard InChI is InChI=1S/C11H11ClN2O2S2/c1-6-13-10-4-8(12)9(5-11(10)17-6)14-18(15,16)7-2-3-7/h4-5,7,14H,2-3H2,1H3. The van der Waals surface area contributed by atoms with Crippen LogP contribution in [-0.4, -0.2) is 18.7 Å². The molecule has 1 aromatic heterocycles. The maximum atomic E-state index is 11.9. The van der Waals surface area contributed by atoms with Crippen LogP contribution in [0.3, 0.4) is 0 Å². The number of benzene rings is 1. The van der Waals surface area contributed by atoms with Crippen LogP contribution in [0.25, 0.3) is 10.2 Å². The zero-order valence-corrected chi connectivity index (χ0v) is 12.0.